The van der Waals surface area contributed by atoms with Crippen LogP contribution in [-0.2, 0) is 22.4 Å². The van der Waals surface area contributed by atoms with Crippen molar-refractivity contribution in [2.24, 2.45) is 0 Å². The van der Waals surface area contributed by atoms with Gasteiger partial charge in [-0.25, -0.2) is 4.79 Å². The van der Waals surface area contributed by atoms with Crippen molar-refractivity contribution in [1.29, 1.82) is 0 Å². The summed E-state index contributed by atoms with van der Waals surface area (Å²) in [5, 5.41) is 13.8. The normalized spacial score (nSPS) is 15.8. The highest BCUT2D eigenvalue weighted by Gasteiger charge is 2.20. The Labute approximate surface area is 195 Å². The van der Waals surface area contributed by atoms with Gasteiger partial charge in [-0.1, -0.05) is 30.9 Å². The van der Waals surface area contributed by atoms with Gasteiger partial charge in [0.15, 0.2) is 18.1 Å². The number of aliphatic hydroxyl groups is 1. The number of nitrogens with one attached hydrogen (secondary N) is 1. The van der Waals surface area contributed by atoms with Crippen LogP contribution in [0.4, 0.5) is 0 Å². The van der Waals surface area contributed by atoms with E-state index in [1.807, 2.05) is 36.4 Å². The number of hydrogen-bond acceptors (Lipinski definition) is 7. The Balaban J connectivity index is 1.45. The summed E-state index contributed by atoms with van der Waals surface area (Å²) >= 11 is 0. The van der Waals surface area contributed by atoms with Crippen LogP contribution in [-0.4, -0.2) is 56.2 Å². The van der Waals surface area contributed by atoms with Gasteiger partial charge in [-0.05, 0) is 61.6 Å². The molecule has 3 rings (SSSR count). The van der Waals surface area contributed by atoms with Crippen molar-refractivity contribution in [3.05, 3.63) is 66.2 Å². The molecular weight excluding hydrogens is 422 g/mol. The molecule has 0 saturated carbocycles. The van der Waals surface area contributed by atoms with Gasteiger partial charge in [-0.2, -0.15) is 0 Å². The monoisotopic (exact) mass is 455 g/mol. The fourth-order valence-corrected chi connectivity index (χ4v) is 3.73. The lowest BCUT2D eigenvalue weighted by Gasteiger charge is -2.27. The van der Waals surface area contributed by atoms with E-state index in [0.29, 0.717) is 37.0 Å². The van der Waals surface area contributed by atoms with E-state index in [0.717, 1.165) is 19.3 Å². The van der Waals surface area contributed by atoms with Crippen molar-refractivity contribution in [2.75, 3.05) is 33.0 Å². The van der Waals surface area contributed by atoms with Crippen molar-refractivity contribution in [1.82, 2.24) is 5.32 Å². The molecule has 0 amide bonds. The number of rotatable bonds is 13. The first-order chi connectivity index (χ1) is 16.1. The maximum absolute atomic E-state index is 11.5. The Kier molecular flexibility index (Phi) is 9.59. The molecule has 178 valence electrons. The number of carbonyl (C=O) groups is 1. The molecule has 1 aliphatic carbocycles. The van der Waals surface area contributed by atoms with E-state index in [-0.39, 0.29) is 25.2 Å². The number of benzene rings is 2. The summed E-state index contributed by atoms with van der Waals surface area (Å²) in [6, 6.07) is 13.6. The molecule has 2 atom stereocenters. The second-order valence-electron chi connectivity index (χ2n) is 7.88. The van der Waals surface area contributed by atoms with Gasteiger partial charge in [-0.3, -0.25) is 0 Å². The predicted octanol–water partition coefficient (Wildman–Crippen LogP) is 3.08. The van der Waals surface area contributed by atoms with Crippen LogP contribution in [0.15, 0.2) is 55.1 Å². The van der Waals surface area contributed by atoms with Crippen molar-refractivity contribution in [3.8, 4) is 17.2 Å². The highest BCUT2D eigenvalue weighted by Crippen LogP contribution is 2.27. The average molecular weight is 456 g/mol. The number of fused-ring (bicyclic) bond motifs is 1. The molecule has 0 fully saturated rings. The minimum absolute atomic E-state index is 0.0950. The molecule has 2 aromatic rings. The Morgan fingerprint density at radius 1 is 1.18 bits per heavy atom. The largest absolute Gasteiger partial charge is 0.487 e. The number of hydrogen-bond donors (Lipinski definition) is 2. The van der Waals surface area contributed by atoms with Gasteiger partial charge in [0.1, 0.15) is 25.1 Å². The van der Waals surface area contributed by atoms with Gasteiger partial charge < -0.3 is 29.4 Å². The maximum Gasteiger partial charge on any atom is 0.344 e. The smallest absolute Gasteiger partial charge is 0.344 e. The average Bonchev–Trinajstić information content (AvgIpc) is 2.84. The summed E-state index contributed by atoms with van der Waals surface area (Å²) in [5.41, 5.74) is 2.48. The molecule has 1 unspecified atom stereocenters. The molecule has 7 heteroatoms. The van der Waals surface area contributed by atoms with E-state index in [4.69, 9.17) is 18.9 Å². The van der Waals surface area contributed by atoms with E-state index in [2.05, 4.69) is 18.0 Å². The second-order valence-corrected chi connectivity index (χ2v) is 7.88. The maximum atomic E-state index is 11.5. The van der Waals surface area contributed by atoms with Gasteiger partial charge in [-0.15, -0.1) is 0 Å². The van der Waals surface area contributed by atoms with Crippen LogP contribution in [0.25, 0.3) is 0 Å². The highest BCUT2D eigenvalue weighted by atomic mass is 16.6. The molecule has 0 spiro atoms. The summed E-state index contributed by atoms with van der Waals surface area (Å²) in [5.74, 6) is 1.51. The zero-order chi connectivity index (χ0) is 23.5. The number of esters is 1. The van der Waals surface area contributed by atoms with Crippen molar-refractivity contribution in [3.63, 3.8) is 0 Å². The van der Waals surface area contributed by atoms with Gasteiger partial charge in [0.05, 0.1) is 6.61 Å². The molecule has 0 heterocycles. The van der Waals surface area contributed by atoms with E-state index < -0.39 is 6.10 Å². The van der Waals surface area contributed by atoms with Crippen LogP contribution >= 0.6 is 0 Å². The summed E-state index contributed by atoms with van der Waals surface area (Å²) in [6.07, 6.45) is 3.79. The molecular formula is C26H33NO6. The van der Waals surface area contributed by atoms with Gasteiger partial charge in [0, 0.05) is 12.6 Å². The number of carbonyl (C=O) groups excluding carboxylic acids is 1. The first-order valence-electron chi connectivity index (χ1n) is 11.4. The molecule has 33 heavy (non-hydrogen) atoms. The fourth-order valence-electron chi connectivity index (χ4n) is 3.73. The number of ether oxygens (including phenoxy) is 4. The molecule has 7 nitrogen and oxygen atoms in total. The summed E-state index contributed by atoms with van der Waals surface area (Å²) in [7, 11) is 0. The van der Waals surface area contributed by atoms with Crippen LogP contribution in [0.2, 0.25) is 0 Å². The Morgan fingerprint density at radius 3 is 2.73 bits per heavy atom. The summed E-state index contributed by atoms with van der Waals surface area (Å²) in [4.78, 5) is 11.5. The highest BCUT2D eigenvalue weighted by molar-refractivity contribution is 5.71. The van der Waals surface area contributed by atoms with Crippen LogP contribution in [0, 0.1) is 0 Å². The van der Waals surface area contributed by atoms with Gasteiger partial charge in [0.25, 0.3) is 0 Å². The van der Waals surface area contributed by atoms with Crippen LogP contribution in [0.1, 0.15) is 24.5 Å². The van der Waals surface area contributed by atoms with Crippen LogP contribution in [0.5, 0.6) is 17.2 Å². The zero-order valence-electron chi connectivity index (χ0n) is 19.1. The third-order valence-corrected chi connectivity index (χ3v) is 5.35. The lowest BCUT2D eigenvalue weighted by molar-refractivity contribution is -0.145. The Morgan fingerprint density at radius 2 is 1.97 bits per heavy atom. The first kappa shape index (κ1) is 24.6. The Bertz CT molecular complexity index is 915. The molecule has 0 bridgehead atoms. The SMILES string of the molecule is C=CCOc1ccccc1OCC(O)CN[C@H]1CCc2ccc(OCC(=O)OCC)cc2C1. The van der Waals surface area contributed by atoms with Crippen molar-refractivity contribution in [2.45, 2.75) is 38.3 Å². The van der Waals surface area contributed by atoms with E-state index in [9.17, 15) is 9.90 Å². The minimum Gasteiger partial charge on any atom is -0.487 e. The summed E-state index contributed by atoms with van der Waals surface area (Å²) in [6.45, 7) is 6.64. The third-order valence-electron chi connectivity index (χ3n) is 5.35. The van der Waals surface area contributed by atoms with E-state index in [1.54, 1.807) is 13.0 Å². The van der Waals surface area contributed by atoms with Gasteiger partial charge in [0.2, 0.25) is 0 Å². The molecule has 0 aromatic heterocycles. The van der Waals surface area contributed by atoms with Crippen molar-refractivity contribution >= 4 is 5.97 Å². The van der Waals surface area contributed by atoms with Crippen LogP contribution < -0.4 is 19.5 Å². The standard InChI is InChI=1S/C26H33NO6/c1-3-13-31-24-7-5-6-8-25(24)33-17-22(28)16-27-21-11-9-19-10-12-23(15-20(19)14-21)32-18-26(29)30-4-2/h3,5-8,10,12,15,21-22,27-28H,1,4,9,11,13-14,16-18H2,2H3/t21-,22?/m0/s1. The molecule has 1 aliphatic rings. The lowest BCUT2D eigenvalue weighted by atomic mass is 9.88. The number of aliphatic hydroxyl groups excluding tert-OH is 1. The minimum atomic E-state index is -0.655. The zero-order valence-corrected chi connectivity index (χ0v) is 19.1. The Hall–Kier alpha value is -3.03. The quantitative estimate of drug-likeness (QED) is 0.355. The topological polar surface area (TPSA) is 86.3 Å². The lowest BCUT2D eigenvalue weighted by Crippen LogP contribution is -2.40. The van der Waals surface area contributed by atoms with Crippen LogP contribution in [0.3, 0.4) is 0 Å². The predicted molar refractivity (Wildman–Crippen MR) is 126 cm³/mol. The van der Waals surface area contributed by atoms with E-state index in [1.165, 1.54) is 11.1 Å². The van der Waals surface area contributed by atoms with E-state index >= 15 is 0 Å². The van der Waals surface area contributed by atoms with Gasteiger partial charge >= 0.3 is 5.97 Å². The first-order valence-corrected chi connectivity index (χ1v) is 11.4. The number of para-hydroxylation sites is 2. The fraction of sp³-hybridized carbons (Fsp3) is 0.423. The number of aryl methyl sites for hydroxylation is 1. The molecule has 2 aromatic carbocycles. The molecule has 0 aliphatic heterocycles. The third kappa shape index (κ3) is 7.80. The molecule has 2 N–H and O–H groups in total. The molecule has 0 saturated heterocycles. The second kappa shape index (κ2) is 12.9. The summed E-state index contributed by atoms with van der Waals surface area (Å²) < 4.78 is 21.8. The van der Waals surface area contributed by atoms with Crippen molar-refractivity contribution < 1.29 is 28.8 Å². The molecule has 0 radical (unpaired) electrons.